The van der Waals surface area contributed by atoms with E-state index in [0.29, 0.717) is 23.3 Å². The lowest BCUT2D eigenvalue weighted by molar-refractivity contribution is -0.144. The molecule has 6 heteroatoms. The summed E-state index contributed by atoms with van der Waals surface area (Å²) in [6, 6.07) is 33.3. The second-order valence-electron chi connectivity index (χ2n) is 11.7. The van der Waals surface area contributed by atoms with Crippen LogP contribution in [0.15, 0.2) is 115 Å². The van der Waals surface area contributed by atoms with Crippen LogP contribution in [0.5, 0.6) is 5.75 Å². The van der Waals surface area contributed by atoms with Crippen LogP contribution in [-0.2, 0) is 11.0 Å². The molecule has 0 aliphatic rings. The molecule has 0 aliphatic carbocycles. The van der Waals surface area contributed by atoms with Gasteiger partial charge in [-0.05, 0) is 103 Å². The zero-order valence-corrected chi connectivity index (χ0v) is 25.5. The highest BCUT2D eigenvalue weighted by atomic mass is 19.4. The number of aryl methyl sites for hydroxylation is 1. The van der Waals surface area contributed by atoms with E-state index in [4.69, 9.17) is 4.74 Å². The molecule has 5 aromatic rings. The van der Waals surface area contributed by atoms with Crippen molar-refractivity contribution in [3.8, 4) is 39.1 Å². The van der Waals surface area contributed by atoms with E-state index in [2.05, 4.69) is 0 Å². The number of alkyl halides is 3. The smallest absolute Gasteiger partial charge is 0.416 e. The lowest BCUT2D eigenvalue weighted by atomic mass is 9.91. The van der Waals surface area contributed by atoms with E-state index >= 15 is 0 Å². The summed E-state index contributed by atoms with van der Waals surface area (Å²) in [7, 11) is 0. The van der Waals surface area contributed by atoms with Crippen molar-refractivity contribution >= 4 is 11.8 Å². The average Bonchev–Trinajstić information content (AvgIpc) is 3.04. The van der Waals surface area contributed by atoms with E-state index in [1.165, 1.54) is 12.1 Å². The minimum absolute atomic E-state index is 0.126. The number of rotatable bonds is 8. The van der Waals surface area contributed by atoms with E-state index in [1.807, 2.05) is 82.3 Å². The fourth-order valence-corrected chi connectivity index (χ4v) is 4.91. The van der Waals surface area contributed by atoms with E-state index in [-0.39, 0.29) is 11.8 Å². The third-order valence-electron chi connectivity index (χ3n) is 8.21. The molecule has 0 fully saturated rings. The number of carbonyl (C=O) groups is 2. The van der Waals surface area contributed by atoms with Crippen molar-refractivity contribution < 1.29 is 27.5 Å². The Bertz CT molecular complexity index is 1820. The van der Waals surface area contributed by atoms with Crippen molar-refractivity contribution in [3.63, 3.8) is 0 Å². The first-order valence-corrected chi connectivity index (χ1v) is 14.7. The molecule has 0 aliphatic heterocycles. The molecule has 0 atom stereocenters. The monoisotopic (exact) mass is 606 g/mol. The first kappa shape index (κ1) is 31.5. The molecule has 0 saturated carbocycles. The van der Waals surface area contributed by atoms with Gasteiger partial charge >= 0.3 is 12.1 Å². The Morgan fingerprint density at radius 1 is 0.622 bits per heavy atom. The van der Waals surface area contributed by atoms with Crippen LogP contribution in [0.25, 0.3) is 33.4 Å². The summed E-state index contributed by atoms with van der Waals surface area (Å²) in [5.41, 5.74) is 6.37. The predicted octanol–water partition coefficient (Wildman–Crippen LogP) is 10.6. The summed E-state index contributed by atoms with van der Waals surface area (Å²) in [4.78, 5) is 25.4. The minimum atomic E-state index is -4.36. The van der Waals surface area contributed by atoms with Crippen molar-refractivity contribution in [1.29, 1.82) is 0 Å². The number of esters is 1. The lowest BCUT2D eigenvalue weighted by Crippen LogP contribution is -2.28. The van der Waals surface area contributed by atoms with Crippen molar-refractivity contribution in [2.45, 2.75) is 40.3 Å². The molecule has 0 bridgehead atoms. The normalized spacial score (nSPS) is 11.7. The van der Waals surface area contributed by atoms with Crippen LogP contribution in [0.1, 0.15) is 54.2 Å². The molecule has 5 aromatic carbocycles. The van der Waals surface area contributed by atoms with Gasteiger partial charge in [0.15, 0.2) is 5.78 Å². The van der Waals surface area contributed by atoms with Gasteiger partial charge in [0, 0.05) is 11.1 Å². The Morgan fingerprint density at radius 2 is 1.07 bits per heavy atom. The maximum Gasteiger partial charge on any atom is 0.416 e. The number of ketones is 1. The van der Waals surface area contributed by atoms with Crippen LogP contribution in [0.3, 0.4) is 0 Å². The van der Waals surface area contributed by atoms with Gasteiger partial charge in [-0.25, -0.2) is 0 Å². The Labute approximate surface area is 261 Å². The summed E-state index contributed by atoms with van der Waals surface area (Å²) in [5, 5.41) is 0. The van der Waals surface area contributed by atoms with Crippen LogP contribution in [0, 0.1) is 12.3 Å². The second-order valence-corrected chi connectivity index (χ2v) is 11.7. The van der Waals surface area contributed by atoms with Crippen LogP contribution in [0.2, 0.25) is 0 Å². The van der Waals surface area contributed by atoms with E-state index in [0.717, 1.165) is 51.1 Å². The Morgan fingerprint density at radius 3 is 1.56 bits per heavy atom. The molecule has 0 aromatic heterocycles. The summed E-state index contributed by atoms with van der Waals surface area (Å²) in [6.07, 6.45) is -3.70. The van der Waals surface area contributed by atoms with Gasteiger partial charge in [0.2, 0.25) is 0 Å². The fourth-order valence-electron chi connectivity index (χ4n) is 4.91. The Hall–Kier alpha value is -4.97. The minimum Gasteiger partial charge on any atom is -0.426 e. The zero-order valence-electron chi connectivity index (χ0n) is 25.5. The van der Waals surface area contributed by atoms with Crippen molar-refractivity contribution in [3.05, 3.63) is 138 Å². The number of hydrogen-bond acceptors (Lipinski definition) is 3. The molecule has 5 rings (SSSR count). The van der Waals surface area contributed by atoms with Gasteiger partial charge in [0.05, 0.1) is 11.0 Å². The fraction of sp³-hybridized carbons (Fsp3) is 0.179. The predicted molar refractivity (Wildman–Crippen MR) is 172 cm³/mol. The molecule has 45 heavy (non-hydrogen) atoms. The number of halogens is 3. The first-order valence-electron chi connectivity index (χ1n) is 14.7. The van der Waals surface area contributed by atoms with Gasteiger partial charge in [-0.2, -0.15) is 13.2 Å². The number of carbonyl (C=O) groups excluding carboxylic acids is 2. The van der Waals surface area contributed by atoms with Crippen molar-refractivity contribution in [2.75, 3.05) is 0 Å². The molecule has 228 valence electrons. The molecule has 0 amide bonds. The van der Waals surface area contributed by atoms with Crippen LogP contribution >= 0.6 is 0 Å². The molecule has 3 nitrogen and oxygen atoms in total. The molecule has 0 spiro atoms. The van der Waals surface area contributed by atoms with Gasteiger partial charge in [0.1, 0.15) is 5.75 Å². The first-order chi connectivity index (χ1) is 21.4. The largest absolute Gasteiger partial charge is 0.426 e. The van der Waals surface area contributed by atoms with Gasteiger partial charge in [0.25, 0.3) is 0 Å². The van der Waals surface area contributed by atoms with Crippen LogP contribution < -0.4 is 4.74 Å². The molecular weight excluding hydrogens is 573 g/mol. The standard InChI is InChI=1S/C39H33F3O3/c1-5-38(3,4)37(44)45-34-21-16-31(17-22-34)36(43)30-12-10-27(11-13-30)26-6-8-28(9-7-26)32-18-23-35(25(2)24-32)29-14-19-33(20-15-29)39(40,41)42/h6-24H,5H2,1-4H3. The maximum absolute atomic E-state index is 13.1. The Kier molecular flexibility index (Phi) is 8.78. The zero-order chi connectivity index (χ0) is 32.4. The lowest BCUT2D eigenvalue weighted by Gasteiger charge is -2.20. The third kappa shape index (κ3) is 7.07. The summed E-state index contributed by atoms with van der Waals surface area (Å²) in [5.74, 6) is -0.0293. The maximum atomic E-state index is 13.1. The molecule has 0 unspecified atom stereocenters. The van der Waals surface area contributed by atoms with Gasteiger partial charge < -0.3 is 4.74 Å². The highest BCUT2D eigenvalue weighted by molar-refractivity contribution is 6.09. The summed E-state index contributed by atoms with van der Waals surface area (Å²) in [6.45, 7) is 7.55. The van der Waals surface area contributed by atoms with Crippen LogP contribution in [-0.4, -0.2) is 11.8 Å². The molecule has 0 radical (unpaired) electrons. The summed E-state index contributed by atoms with van der Waals surface area (Å²) < 4.78 is 44.3. The van der Waals surface area contributed by atoms with E-state index < -0.39 is 17.2 Å². The van der Waals surface area contributed by atoms with E-state index in [9.17, 15) is 22.8 Å². The van der Waals surface area contributed by atoms with Crippen molar-refractivity contribution in [2.24, 2.45) is 5.41 Å². The topological polar surface area (TPSA) is 43.4 Å². The molecular formula is C39H33F3O3. The number of hydrogen-bond donors (Lipinski definition) is 0. The number of ether oxygens (including phenoxy) is 1. The summed E-state index contributed by atoms with van der Waals surface area (Å²) >= 11 is 0. The highest BCUT2D eigenvalue weighted by Gasteiger charge is 2.30. The van der Waals surface area contributed by atoms with Gasteiger partial charge in [-0.15, -0.1) is 0 Å². The SMILES string of the molecule is CCC(C)(C)C(=O)Oc1ccc(C(=O)c2ccc(-c3ccc(-c4ccc(-c5ccc(C(F)(F)F)cc5)c(C)c4)cc3)cc2)cc1. The molecule has 0 N–H and O–H groups in total. The Balaban J connectivity index is 1.25. The average molecular weight is 607 g/mol. The van der Waals surface area contributed by atoms with Crippen LogP contribution in [0.4, 0.5) is 13.2 Å². The van der Waals surface area contributed by atoms with Gasteiger partial charge in [-0.3, -0.25) is 9.59 Å². The second kappa shape index (κ2) is 12.6. The van der Waals surface area contributed by atoms with Crippen molar-refractivity contribution in [1.82, 2.24) is 0 Å². The quantitative estimate of drug-likeness (QED) is 0.100. The number of benzene rings is 5. The third-order valence-corrected chi connectivity index (χ3v) is 8.21. The molecule has 0 heterocycles. The molecule has 0 saturated heterocycles. The van der Waals surface area contributed by atoms with Gasteiger partial charge in [-0.1, -0.05) is 85.8 Å². The van der Waals surface area contributed by atoms with E-state index in [1.54, 1.807) is 36.4 Å². The highest BCUT2D eigenvalue weighted by Crippen LogP contribution is 2.34.